The van der Waals surface area contributed by atoms with Gasteiger partial charge in [0.1, 0.15) is 5.75 Å². The summed E-state index contributed by atoms with van der Waals surface area (Å²) in [5, 5.41) is 2.03. The number of carbonyl (C=O) groups is 2. The van der Waals surface area contributed by atoms with Gasteiger partial charge in [0.05, 0.1) is 13.7 Å². The molecule has 0 atom stereocenters. The maximum atomic E-state index is 13.1. The molecule has 0 bridgehead atoms. The molecule has 0 heterocycles. The van der Waals surface area contributed by atoms with E-state index in [1.54, 1.807) is 14.0 Å². The lowest BCUT2D eigenvalue weighted by Crippen LogP contribution is -2.39. The molecule has 0 aliphatic rings. The second-order valence-corrected chi connectivity index (χ2v) is 7.97. The molecule has 0 unspecified atom stereocenters. The fourth-order valence-corrected chi connectivity index (χ4v) is 3.65. The largest absolute Gasteiger partial charge is 0.497 e. The summed E-state index contributed by atoms with van der Waals surface area (Å²) in [5.41, 5.74) is 8.36. The van der Waals surface area contributed by atoms with Gasteiger partial charge in [0.2, 0.25) is 5.91 Å². The molecule has 0 aromatic heterocycles. The van der Waals surface area contributed by atoms with Gasteiger partial charge >= 0.3 is 0 Å². The highest BCUT2D eigenvalue weighted by Crippen LogP contribution is 2.23. The van der Waals surface area contributed by atoms with Crippen molar-refractivity contribution in [3.8, 4) is 5.75 Å². The first-order chi connectivity index (χ1) is 15.4. The van der Waals surface area contributed by atoms with Gasteiger partial charge in [0.25, 0.3) is 0 Å². The Bertz CT molecular complexity index is 1100. The number of methoxy groups -OCH3 is 1. The molecule has 0 saturated heterocycles. The second-order valence-electron chi connectivity index (χ2n) is 7.97. The number of likely N-dealkylation sites (N-methyl/N-ethyl adjacent to an activating group) is 1. The summed E-state index contributed by atoms with van der Waals surface area (Å²) < 4.78 is 5.31. The minimum Gasteiger partial charge on any atom is -0.497 e. The lowest BCUT2D eigenvalue weighted by atomic mass is 10.0. The Morgan fingerprint density at radius 3 is 2.47 bits per heavy atom. The van der Waals surface area contributed by atoms with Crippen LogP contribution in [-0.2, 0) is 11.3 Å². The zero-order valence-electron chi connectivity index (χ0n) is 19.0. The van der Waals surface area contributed by atoms with E-state index in [1.165, 1.54) is 0 Å². The summed E-state index contributed by atoms with van der Waals surface area (Å²) >= 11 is 0. The third kappa shape index (κ3) is 5.86. The average Bonchev–Trinajstić information content (AvgIpc) is 2.80. The molecule has 2 N–H and O–H groups in total. The third-order valence-corrected chi connectivity index (χ3v) is 5.54. The molecule has 0 radical (unpaired) electrons. The standard InChI is InChI=1S/C26H31N3O3/c1-19(30)21-8-9-23-16-24(11-10-22(23)15-21)28(2)18-26(31)29(13-5-12-27)17-20-6-4-7-25(14-20)32-3/h4,6-11,14-16H,5,12-13,17-18,27H2,1-3H3. The van der Waals surface area contributed by atoms with E-state index in [2.05, 4.69) is 0 Å². The quantitative estimate of drug-likeness (QED) is 0.491. The third-order valence-electron chi connectivity index (χ3n) is 5.54. The minimum atomic E-state index is 0.0378. The first-order valence-corrected chi connectivity index (χ1v) is 10.8. The predicted octanol–water partition coefficient (Wildman–Crippen LogP) is 3.86. The number of hydrogen-bond donors (Lipinski definition) is 1. The summed E-state index contributed by atoms with van der Waals surface area (Å²) in [6.45, 7) is 3.47. The van der Waals surface area contributed by atoms with Crippen molar-refractivity contribution in [2.45, 2.75) is 19.9 Å². The van der Waals surface area contributed by atoms with Crippen molar-refractivity contribution >= 4 is 28.2 Å². The summed E-state index contributed by atoms with van der Waals surface area (Å²) in [6.07, 6.45) is 0.744. The number of carbonyl (C=O) groups excluding carboxylic acids is 2. The van der Waals surface area contributed by atoms with E-state index in [0.29, 0.717) is 25.2 Å². The van der Waals surface area contributed by atoms with Crippen LogP contribution in [0.4, 0.5) is 5.69 Å². The van der Waals surface area contributed by atoms with Crippen LogP contribution in [0.3, 0.4) is 0 Å². The zero-order valence-corrected chi connectivity index (χ0v) is 19.0. The number of benzene rings is 3. The molecule has 6 heteroatoms. The molecule has 0 saturated carbocycles. The fourth-order valence-electron chi connectivity index (χ4n) is 3.65. The summed E-state index contributed by atoms with van der Waals surface area (Å²) in [5.74, 6) is 0.859. The van der Waals surface area contributed by atoms with Gasteiger partial charge in [0.15, 0.2) is 5.78 Å². The smallest absolute Gasteiger partial charge is 0.242 e. The van der Waals surface area contributed by atoms with Crippen molar-refractivity contribution < 1.29 is 14.3 Å². The fraction of sp³-hybridized carbons (Fsp3) is 0.308. The lowest BCUT2D eigenvalue weighted by molar-refractivity contribution is -0.130. The lowest BCUT2D eigenvalue weighted by Gasteiger charge is -2.27. The molecule has 0 spiro atoms. The van der Waals surface area contributed by atoms with Gasteiger partial charge in [0, 0.05) is 31.4 Å². The molecule has 3 rings (SSSR count). The highest BCUT2D eigenvalue weighted by Gasteiger charge is 2.17. The van der Waals surface area contributed by atoms with Gasteiger partial charge in [-0.25, -0.2) is 0 Å². The van der Waals surface area contributed by atoms with Crippen molar-refractivity contribution in [3.63, 3.8) is 0 Å². The maximum absolute atomic E-state index is 13.1. The number of ketones is 1. The van der Waals surface area contributed by atoms with Gasteiger partial charge in [-0.15, -0.1) is 0 Å². The topological polar surface area (TPSA) is 75.9 Å². The summed E-state index contributed by atoms with van der Waals surface area (Å²) in [7, 11) is 3.55. The Balaban J connectivity index is 1.74. The molecular formula is C26H31N3O3. The van der Waals surface area contributed by atoms with Crippen molar-refractivity contribution in [1.82, 2.24) is 4.90 Å². The van der Waals surface area contributed by atoms with Gasteiger partial charge in [-0.1, -0.05) is 30.3 Å². The second kappa shape index (κ2) is 10.8. The van der Waals surface area contributed by atoms with Gasteiger partial charge < -0.3 is 20.3 Å². The number of rotatable bonds is 10. The number of hydrogen-bond acceptors (Lipinski definition) is 5. The Kier molecular flexibility index (Phi) is 7.84. The van der Waals surface area contributed by atoms with Crippen molar-refractivity contribution in [3.05, 3.63) is 71.8 Å². The molecule has 32 heavy (non-hydrogen) atoms. The van der Waals surface area contributed by atoms with Gasteiger partial charge in [-0.3, -0.25) is 9.59 Å². The molecule has 3 aromatic rings. The van der Waals surface area contributed by atoms with Gasteiger partial charge in [-0.2, -0.15) is 0 Å². The summed E-state index contributed by atoms with van der Waals surface area (Å²) in [6, 6.07) is 19.4. The van der Waals surface area contributed by atoms with Crippen LogP contribution in [0.15, 0.2) is 60.7 Å². The highest BCUT2D eigenvalue weighted by molar-refractivity contribution is 5.99. The molecule has 0 fully saturated rings. The van der Waals surface area contributed by atoms with E-state index in [-0.39, 0.29) is 18.2 Å². The Labute approximate surface area is 189 Å². The average molecular weight is 434 g/mol. The van der Waals surface area contributed by atoms with Crippen molar-refractivity contribution in [2.75, 3.05) is 38.7 Å². The molecule has 3 aromatic carbocycles. The number of ether oxygens (including phenoxy) is 1. The van der Waals surface area contributed by atoms with E-state index in [4.69, 9.17) is 10.5 Å². The maximum Gasteiger partial charge on any atom is 0.242 e. The van der Waals surface area contributed by atoms with Gasteiger partial charge in [-0.05, 0) is 66.6 Å². The monoisotopic (exact) mass is 433 g/mol. The number of nitrogens with zero attached hydrogens (tertiary/aromatic N) is 2. The zero-order chi connectivity index (χ0) is 23.1. The number of anilines is 1. The first-order valence-electron chi connectivity index (χ1n) is 10.8. The van der Waals surface area contributed by atoms with E-state index in [0.717, 1.165) is 34.2 Å². The van der Waals surface area contributed by atoms with Crippen LogP contribution in [0, 0.1) is 0 Å². The molecule has 0 aliphatic carbocycles. The van der Waals surface area contributed by atoms with E-state index in [9.17, 15) is 9.59 Å². The van der Waals surface area contributed by atoms with Crippen molar-refractivity contribution in [2.24, 2.45) is 5.73 Å². The van der Waals surface area contributed by atoms with Crippen LogP contribution < -0.4 is 15.4 Å². The minimum absolute atomic E-state index is 0.0378. The van der Waals surface area contributed by atoms with E-state index in [1.807, 2.05) is 77.5 Å². The normalized spacial score (nSPS) is 10.8. The number of fused-ring (bicyclic) bond motifs is 1. The van der Waals surface area contributed by atoms with Crippen LogP contribution in [0.2, 0.25) is 0 Å². The number of nitrogens with two attached hydrogens (primary N) is 1. The van der Waals surface area contributed by atoms with Crippen LogP contribution in [0.5, 0.6) is 5.75 Å². The SMILES string of the molecule is COc1cccc(CN(CCCN)C(=O)CN(C)c2ccc3cc(C(C)=O)ccc3c2)c1. The van der Waals surface area contributed by atoms with E-state index < -0.39 is 0 Å². The first kappa shape index (κ1) is 23.3. The molecule has 6 nitrogen and oxygen atoms in total. The Hall–Kier alpha value is -3.38. The van der Waals surface area contributed by atoms with Crippen LogP contribution in [-0.4, -0.2) is 50.4 Å². The Morgan fingerprint density at radius 1 is 1.00 bits per heavy atom. The van der Waals surface area contributed by atoms with E-state index >= 15 is 0 Å². The Morgan fingerprint density at radius 2 is 1.75 bits per heavy atom. The van der Waals surface area contributed by atoms with Crippen LogP contribution in [0.25, 0.3) is 10.8 Å². The molecular weight excluding hydrogens is 402 g/mol. The highest BCUT2D eigenvalue weighted by atomic mass is 16.5. The van der Waals surface area contributed by atoms with Crippen LogP contribution >= 0.6 is 0 Å². The number of amides is 1. The predicted molar refractivity (Wildman–Crippen MR) is 129 cm³/mol. The molecule has 168 valence electrons. The van der Waals surface area contributed by atoms with Crippen LogP contribution in [0.1, 0.15) is 29.3 Å². The number of Topliss-reactive ketones (excluding diaryl/α,β-unsaturated/α-hetero) is 1. The molecule has 0 aliphatic heterocycles. The van der Waals surface area contributed by atoms with Crippen molar-refractivity contribution in [1.29, 1.82) is 0 Å². The molecule has 1 amide bonds. The summed E-state index contributed by atoms with van der Waals surface area (Å²) in [4.78, 5) is 28.6.